The summed E-state index contributed by atoms with van der Waals surface area (Å²) < 4.78 is 0. The molecule has 0 aliphatic rings. The van der Waals surface area contributed by atoms with E-state index in [1.54, 1.807) is 0 Å². The fourth-order valence-corrected chi connectivity index (χ4v) is 3.00. The average Bonchev–Trinajstić information content (AvgIpc) is 3.10. The number of aryl methyl sites for hydroxylation is 1. The predicted octanol–water partition coefficient (Wildman–Crippen LogP) is 3.75. The number of benzene rings is 2. The van der Waals surface area contributed by atoms with Crippen molar-refractivity contribution in [1.29, 1.82) is 0 Å². The topological polar surface area (TPSA) is 70.7 Å². The lowest BCUT2D eigenvalue weighted by Crippen LogP contribution is -2.28. The minimum Gasteiger partial charge on any atom is -0.349 e. The van der Waals surface area contributed by atoms with Crippen LogP contribution in [0.1, 0.15) is 24.1 Å². The maximum Gasteiger partial charge on any atom is 0.230 e. The van der Waals surface area contributed by atoms with E-state index in [0.29, 0.717) is 11.0 Å². The summed E-state index contributed by atoms with van der Waals surface area (Å²) in [6.45, 7) is 4.01. The number of aromatic nitrogens is 3. The van der Waals surface area contributed by atoms with Gasteiger partial charge in [-0.15, -0.1) is 5.10 Å². The molecule has 0 fully saturated rings. The van der Waals surface area contributed by atoms with Crippen LogP contribution in [-0.4, -0.2) is 26.8 Å². The first kappa shape index (κ1) is 17.2. The summed E-state index contributed by atoms with van der Waals surface area (Å²) in [4.78, 5) is 16.6. The Labute approximate surface area is 151 Å². The SMILES string of the molecule is Cc1ccc(-c2nc(SCC(=O)NC(C)c3ccccc3)n[nH]2)cc1. The molecule has 0 saturated heterocycles. The quantitative estimate of drug-likeness (QED) is 0.663. The first-order chi connectivity index (χ1) is 12.1. The normalized spacial score (nSPS) is 11.9. The maximum atomic E-state index is 12.1. The second kappa shape index (κ2) is 7.98. The number of thioether (sulfide) groups is 1. The van der Waals surface area contributed by atoms with Gasteiger partial charge in [0.05, 0.1) is 11.8 Å². The molecule has 2 N–H and O–H groups in total. The van der Waals surface area contributed by atoms with Gasteiger partial charge in [-0.25, -0.2) is 4.98 Å². The molecule has 2 aromatic carbocycles. The van der Waals surface area contributed by atoms with Gasteiger partial charge in [0.15, 0.2) is 5.82 Å². The number of rotatable bonds is 6. The molecular weight excluding hydrogens is 332 g/mol. The third kappa shape index (κ3) is 4.70. The second-order valence-corrected chi connectivity index (χ2v) is 6.76. The molecule has 6 heteroatoms. The number of aromatic amines is 1. The molecule has 1 amide bonds. The zero-order chi connectivity index (χ0) is 17.6. The summed E-state index contributed by atoms with van der Waals surface area (Å²) in [7, 11) is 0. The Morgan fingerprint density at radius 1 is 1.16 bits per heavy atom. The lowest BCUT2D eigenvalue weighted by molar-refractivity contribution is -0.119. The Morgan fingerprint density at radius 2 is 1.88 bits per heavy atom. The molecule has 1 aromatic heterocycles. The molecule has 0 saturated carbocycles. The summed E-state index contributed by atoms with van der Waals surface area (Å²) in [5.74, 6) is 0.950. The van der Waals surface area contributed by atoms with Crippen molar-refractivity contribution in [3.8, 4) is 11.4 Å². The van der Waals surface area contributed by atoms with Gasteiger partial charge < -0.3 is 5.32 Å². The lowest BCUT2D eigenvalue weighted by Gasteiger charge is -2.13. The van der Waals surface area contributed by atoms with Gasteiger partial charge >= 0.3 is 0 Å². The smallest absolute Gasteiger partial charge is 0.230 e. The van der Waals surface area contributed by atoms with Crippen LogP contribution in [0.4, 0.5) is 0 Å². The van der Waals surface area contributed by atoms with Crippen LogP contribution >= 0.6 is 11.8 Å². The van der Waals surface area contributed by atoms with Gasteiger partial charge in [-0.1, -0.05) is 71.9 Å². The van der Waals surface area contributed by atoms with Gasteiger partial charge in [0, 0.05) is 5.56 Å². The Morgan fingerprint density at radius 3 is 2.60 bits per heavy atom. The van der Waals surface area contributed by atoms with Gasteiger partial charge in [0.2, 0.25) is 11.1 Å². The number of amides is 1. The third-order valence-corrected chi connectivity index (χ3v) is 4.65. The van der Waals surface area contributed by atoms with Gasteiger partial charge in [0.25, 0.3) is 0 Å². The molecule has 1 atom stereocenters. The Balaban J connectivity index is 1.53. The van der Waals surface area contributed by atoms with Crippen LogP contribution < -0.4 is 5.32 Å². The predicted molar refractivity (Wildman–Crippen MR) is 100 cm³/mol. The highest BCUT2D eigenvalue weighted by molar-refractivity contribution is 7.99. The van der Waals surface area contributed by atoms with E-state index < -0.39 is 0 Å². The number of hydrogen-bond donors (Lipinski definition) is 2. The molecule has 128 valence electrons. The van der Waals surface area contributed by atoms with Crippen molar-refractivity contribution in [2.45, 2.75) is 25.0 Å². The van der Waals surface area contributed by atoms with E-state index in [1.165, 1.54) is 17.3 Å². The highest BCUT2D eigenvalue weighted by Gasteiger charge is 2.12. The van der Waals surface area contributed by atoms with Crippen LogP contribution in [0.3, 0.4) is 0 Å². The minimum absolute atomic E-state index is 0.0236. The van der Waals surface area contributed by atoms with E-state index >= 15 is 0 Å². The molecule has 0 bridgehead atoms. The van der Waals surface area contributed by atoms with Crippen LogP contribution in [0.5, 0.6) is 0 Å². The van der Waals surface area contributed by atoms with E-state index in [2.05, 4.69) is 20.5 Å². The summed E-state index contributed by atoms with van der Waals surface area (Å²) in [5, 5.41) is 10.6. The number of nitrogens with one attached hydrogen (secondary N) is 2. The summed E-state index contributed by atoms with van der Waals surface area (Å²) in [5.41, 5.74) is 3.26. The highest BCUT2D eigenvalue weighted by atomic mass is 32.2. The third-order valence-electron chi connectivity index (χ3n) is 3.80. The van der Waals surface area contributed by atoms with Gasteiger partial charge in [-0.05, 0) is 19.4 Å². The molecule has 3 rings (SSSR count). The van der Waals surface area contributed by atoms with Crippen LogP contribution in [0.2, 0.25) is 0 Å². The molecule has 1 heterocycles. The first-order valence-electron chi connectivity index (χ1n) is 8.08. The molecule has 25 heavy (non-hydrogen) atoms. The van der Waals surface area contributed by atoms with Crippen molar-refractivity contribution in [1.82, 2.24) is 20.5 Å². The van der Waals surface area contributed by atoms with Crippen LogP contribution in [0.15, 0.2) is 59.8 Å². The number of carbonyl (C=O) groups is 1. The van der Waals surface area contributed by atoms with Crippen LogP contribution in [0, 0.1) is 6.92 Å². The number of carbonyl (C=O) groups excluding carboxylic acids is 1. The van der Waals surface area contributed by atoms with Crippen molar-refractivity contribution in [3.63, 3.8) is 0 Å². The van der Waals surface area contributed by atoms with Crippen molar-refractivity contribution >= 4 is 17.7 Å². The Kier molecular flexibility index (Phi) is 5.50. The zero-order valence-corrected chi connectivity index (χ0v) is 15.0. The molecule has 0 radical (unpaired) electrons. The van der Waals surface area contributed by atoms with E-state index in [-0.39, 0.29) is 17.7 Å². The monoisotopic (exact) mass is 352 g/mol. The number of hydrogen-bond acceptors (Lipinski definition) is 4. The Hall–Kier alpha value is -2.60. The highest BCUT2D eigenvalue weighted by Crippen LogP contribution is 2.20. The molecule has 0 aliphatic carbocycles. The summed E-state index contributed by atoms with van der Waals surface area (Å²) in [6, 6.07) is 17.9. The van der Waals surface area contributed by atoms with Crippen molar-refractivity contribution < 1.29 is 4.79 Å². The van der Waals surface area contributed by atoms with E-state index in [9.17, 15) is 4.79 Å². The van der Waals surface area contributed by atoms with Crippen molar-refractivity contribution in [3.05, 3.63) is 65.7 Å². The Bertz CT molecular complexity index is 830. The van der Waals surface area contributed by atoms with Crippen LogP contribution in [0.25, 0.3) is 11.4 Å². The van der Waals surface area contributed by atoms with Crippen molar-refractivity contribution in [2.75, 3.05) is 5.75 Å². The molecule has 5 nitrogen and oxygen atoms in total. The van der Waals surface area contributed by atoms with E-state index in [0.717, 1.165) is 11.1 Å². The average molecular weight is 352 g/mol. The fourth-order valence-electron chi connectivity index (χ4n) is 2.39. The lowest BCUT2D eigenvalue weighted by atomic mass is 10.1. The van der Waals surface area contributed by atoms with Crippen molar-refractivity contribution in [2.24, 2.45) is 0 Å². The second-order valence-electron chi connectivity index (χ2n) is 5.82. The van der Waals surface area contributed by atoms with Gasteiger partial charge in [-0.3, -0.25) is 9.89 Å². The largest absolute Gasteiger partial charge is 0.349 e. The van der Waals surface area contributed by atoms with E-state index in [1.807, 2.05) is 68.4 Å². The maximum absolute atomic E-state index is 12.1. The molecule has 1 unspecified atom stereocenters. The molecule has 0 spiro atoms. The minimum atomic E-state index is -0.0389. The summed E-state index contributed by atoms with van der Waals surface area (Å²) >= 11 is 1.32. The molecule has 3 aromatic rings. The summed E-state index contributed by atoms with van der Waals surface area (Å²) in [6.07, 6.45) is 0. The number of H-pyrrole nitrogens is 1. The molecule has 0 aliphatic heterocycles. The van der Waals surface area contributed by atoms with Gasteiger partial charge in [0.1, 0.15) is 0 Å². The van der Waals surface area contributed by atoms with Crippen LogP contribution in [-0.2, 0) is 4.79 Å². The fraction of sp³-hybridized carbons (Fsp3) is 0.211. The molecular formula is C19H20N4OS. The zero-order valence-electron chi connectivity index (χ0n) is 14.2. The number of nitrogens with zero attached hydrogens (tertiary/aromatic N) is 2. The van der Waals surface area contributed by atoms with Gasteiger partial charge in [-0.2, -0.15) is 0 Å². The van der Waals surface area contributed by atoms with E-state index in [4.69, 9.17) is 0 Å². The first-order valence-corrected chi connectivity index (χ1v) is 9.07. The standard InChI is InChI=1S/C19H20N4OS/c1-13-8-10-16(11-9-13)18-21-19(23-22-18)25-12-17(24)20-14(2)15-6-4-3-5-7-15/h3-11,14H,12H2,1-2H3,(H,20,24)(H,21,22,23).